The van der Waals surface area contributed by atoms with Crippen molar-refractivity contribution in [3.63, 3.8) is 0 Å². The van der Waals surface area contributed by atoms with Gasteiger partial charge in [-0.15, -0.1) is 0 Å². The summed E-state index contributed by atoms with van der Waals surface area (Å²) in [6, 6.07) is 4.96. The third-order valence-corrected chi connectivity index (χ3v) is 3.49. The summed E-state index contributed by atoms with van der Waals surface area (Å²) in [5.41, 5.74) is 0.672. The number of methoxy groups -OCH3 is 1. The van der Waals surface area contributed by atoms with Crippen LogP contribution in [0.2, 0.25) is 0 Å². The molecule has 1 heterocycles. The van der Waals surface area contributed by atoms with Crippen LogP contribution in [-0.4, -0.2) is 26.4 Å². The Kier molecular flexibility index (Phi) is 5.61. The van der Waals surface area contributed by atoms with E-state index < -0.39 is 0 Å². The van der Waals surface area contributed by atoms with Crippen molar-refractivity contribution in [2.24, 2.45) is 0 Å². The minimum Gasteiger partial charge on any atom is -0.497 e. The number of hydrogen-bond donors (Lipinski definition) is 1. The molecule has 1 aromatic rings. The lowest BCUT2D eigenvalue weighted by atomic mass is 10.1. The van der Waals surface area contributed by atoms with Gasteiger partial charge in [-0.05, 0) is 38.3 Å². The van der Waals surface area contributed by atoms with E-state index >= 15 is 0 Å². The van der Waals surface area contributed by atoms with E-state index in [0.29, 0.717) is 24.0 Å². The van der Waals surface area contributed by atoms with Crippen molar-refractivity contribution in [2.45, 2.75) is 38.3 Å². The SMILES string of the molecule is COc1ccc(CNCCC2CCCCO2)c(F)c1. The molecule has 1 saturated heterocycles. The fourth-order valence-corrected chi connectivity index (χ4v) is 2.32. The zero-order chi connectivity index (χ0) is 13.5. The first kappa shape index (κ1) is 14.3. The molecule has 1 unspecified atom stereocenters. The smallest absolute Gasteiger partial charge is 0.131 e. The van der Waals surface area contributed by atoms with Crippen molar-refractivity contribution in [1.82, 2.24) is 5.32 Å². The van der Waals surface area contributed by atoms with E-state index in [1.54, 1.807) is 12.1 Å². The molecule has 0 aliphatic carbocycles. The van der Waals surface area contributed by atoms with Crippen LogP contribution in [-0.2, 0) is 11.3 Å². The average molecular weight is 267 g/mol. The summed E-state index contributed by atoms with van der Waals surface area (Å²) in [5.74, 6) is 0.331. The minimum atomic E-state index is -0.222. The van der Waals surface area contributed by atoms with Gasteiger partial charge in [-0.3, -0.25) is 0 Å². The van der Waals surface area contributed by atoms with Crippen molar-refractivity contribution in [3.8, 4) is 5.75 Å². The number of nitrogens with one attached hydrogen (secondary N) is 1. The van der Waals surface area contributed by atoms with Gasteiger partial charge in [-0.25, -0.2) is 4.39 Å². The molecular weight excluding hydrogens is 245 g/mol. The molecular formula is C15H22FNO2. The summed E-state index contributed by atoms with van der Waals surface area (Å²) in [5, 5.41) is 3.27. The van der Waals surface area contributed by atoms with E-state index in [1.807, 2.05) is 0 Å². The number of halogens is 1. The molecule has 2 rings (SSSR count). The van der Waals surface area contributed by atoms with Gasteiger partial charge in [0.25, 0.3) is 0 Å². The highest BCUT2D eigenvalue weighted by Gasteiger charge is 2.13. The molecule has 1 aromatic carbocycles. The maximum absolute atomic E-state index is 13.7. The standard InChI is InChI=1S/C15H22FNO2/c1-18-14-6-5-12(15(16)10-14)11-17-8-7-13-4-2-3-9-19-13/h5-6,10,13,17H,2-4,7-9,11H2,1H3. The first-order valence-electron chi connectivity index (χ1n) is 6.94. The Labute approximate surface area is 114 Å². The molecule has 1 N–H and O–H groups in total. The summed E-state index contributed by atoms with van der Waals surface area (Å²) in [6.45, 7) is 2.29. The summed E-state index contributed by atoms with van der Waals surface area (Å²) in [7, 11) is 1.54. The van der Waals surface area contributed by atoms with E-state index in [0.717, 1.165) is 26.0 Å². The molecule has 0 radical (unpaired) electrons. The lowest BCUT2D eigenvalue weighted by molar-refractivity contribution is 0.0115. The molecule has 19 heavy (non-hydrogen) atoms. The quantitative estimate of drug-likeness (QED) is 0.804. The van der Waals surface area contributed by atoms with Crippen LogP contribution in [0.3, 0.4) is 0 Å². The maximum Gasteiger partial charge on any atom is 0.131 e. The van der Waals surface area contributed by atoms with Crippen LogP contribution in [0.15, 0.2) is 18.2 Å². The molecule has 1 fully saturated rings. The summed E-state index contributed by atoms with van der Waals surface area (Å²) in [4.78, 5) is 0. The Bertz CT molecular complexity index is 392. The fraction of sp³-hybridized carbons (Fsp3) is 0.600. The molecule has 0 aromatic heterocycles. The largest absolute Gasteiger partial charge is 0.497 e. The van der Waals surface area contributed by atoms with Crippen LogP contribution in [0.4, 0.5) is 4.39 Å². The first-order chi connectivity index (χ1) is 9.29. The molecule has 0 amide bonds. The predicted octanol–water partition coefficient (Wildman–Crippen LogP) is 2.88. The summed E-state index contributed by atoms with van der Waals surface area (Å²) in [6.07, 6.45) is 4.97. The van der Waals surface area contributed by atoms with Crippen molar-refractivity contribution >= 4 is 0 Å². The van der Waals surface area contributed by atoms with Crippen LogP contribution >= 0.6 is 0 Å². The van der Waals surface area contributed by atoms with Gasteiger partial charge in [0.1, 0.15) is 11.6 Å². The van der Waals surface area contributed by atoms with Crippen molar-refractivity contribution in [2.75, 3.05) is 20.3 Å². The van der Waals surface area contributed by atoms with Crippen LogP contribution in [0.5, 0.6) is 5.75 Å². The van der Waals surface area contributed by atoms with Gasteiger partial charge in [0.05, 0.1) is 13.2 Å². The molecule has 3 nitrogen and oxygen atoms in total. The zero-order valence-corrected chi connectivity index (χ0v) is 11.5. The van der Waals surface area contributed by atoms with Gasteiger partial charge in [-0.1, -0.05) is 6.07 Å². The number of hydrogen-bond acceptors (Lipinski definition) is 3. The fourth-order valence-electron chi connectivity index (χ4n) is 2.32. The molecule has 4 heteroatoms. The highest BCUT2D eigenvalue weighted by molar-refractivity contribution is 5.28. The van der Waals surface area contributed by atoms with Crippen molar-refractivity contribution < 1.29 is 13.9 Å². The molecule has 0 spiro atoms. The second-order valence-electron chi connectivity index (χ2n) is 4.91. The number of ether oxygens (including phenoxy) is 2. The lowest BCUT2D eigenvalue weighted by Gasteiger charge is -2.22. The second kappa shape index (κ2) is 7.46. The van der Waals surface area contributed by atoms with Gasteiger partial charge >= 0.3 is 0 Å². The van der Waals surface area contributed by atoms with E-state index in [4.69, 9.17) is 9.47 Å². The number of rotatable bonds is 6. The van der Waals surface area contributed by atoms with Gasteiger partial charge < -0.3 is 14.8 Å². The van der Waals surface area contributed by atoms with Gasteiger partial charge in [-0.2, -0.15) is 0 Å². The van der Waals surface area contributed by atoms with Crippen LogP contribution in [0.25, 0.3) is 0 Å². The van der Waals surface area contributed by atoms with E-state index in [9.17, 15) is 4.39 Å². The predicted molar refractivity (Wildman–Crippen MR) is 72.9 cm³/mol. The monoisotopic (exact) mass is 267 g/mol. The minimum absolute atomic E-state index is 0.222. The Hall–Kier alpha value is -1.13. The van der Waals surface area contributed by atoms with Crippen molar-refractivity contribution in [1.29, 1.82) is 0 Å². The maximum atomic E-state index is 13.7. The van der Waals surface area contributed by atoms with Crippen LogP contribution in [0, 0.1) is 5.82 Å². The van der Waals surface area contributed by atoms with Crippen molar-refractivity contribution in [3.05, 3.63) is 29.6 Å². The van der Waals surface area contributed by atoms with Gasteiger partial charge in [0.15, 0.2) is 0 Å². The third-order valence-electron chi connectivity index (χ3n) is 3.49. The Morgan fingerprint density at radius 1 is 1.42 bits per heavy atom. The Morgan fingerprint density at radius 3 is 3.00 bits per heavy atom. The average Bonchev–Trinajstić information content (AvgIpc) is 2.46. The molecule has 106 valence electrons. The second-order valence-corrected chi connectivity index (χ2v) is 4.91. The molecule has 1 atom stereocenters. The van der Waals surface area contributed by atoms with Crippen LogP contribution < -0.4 is 10.1 Å². The highest BCUT2D eigenvalue weighted by Crippen LogP contribution is 2.17. The van der Waals surface area contributed by atoms with Crippen LogP contribution in [0.1, 0.15) is 31.2 Å². The van der Waals surface area contributed by atoms with E-state index in [1.165, 1.54) is 26.0 Å². The first-order valence-corrected chi connectivity index (χ1v) is 6.94. The van der Waals surface area contributed by atoms with E-state index in [-0.39, 0.29) is 5.82 Å². The Balaban J connectivity index is 1.70. The summed E-state index contributed by atoms with van der Waals surface area (Å²) >= 11 is 0. The normalized spacial score (nSPS) is 19.4. The molecule has 1 aliphatic heterocycles. The van der Waals surface area contributed by atoms with Gasteiger partial charge in [0, 0.05) is 24.8 Å². The van der Waals surface area contributed by atoms with E-state index in [2.05, 4.69) is 5.32 Å². The molecule has 0 saturated carbocycles. The lowest BCUT2D eigenvalue weighted by Crippen LogP contribution is -2.25. The number of benzene rings is 1. The topological polar surface area (TPSA) is 30.5 Å². The highest BCUT2D eigenvalue weighted by atomic mass is 19.1. The molecule has 0 bridgehead atoms. The summed E-state index contributed by atoms with van der Waals surface area (Å²) < 4.78 is 24.3. The Morgan fingerprint density at radius 2 is 2.32 bits per heavy atom. The zero-order valence-electron chi connectivity index (χ0n) is 11.5. The molecule has 1 aliphatic rings. The third kappa shape index (κ3) is 4.48. The van der Waals surface area contributed by atoms with Gasteiger partial charge in [0.2, 0.25) is 0 Å².